The van der Waals surface area contributed by atoms with Crippen LogP contribution >= 0.6 is 0 Å². The second kappa shape index (κ2) is 6.09. The summed E-state index contributed by atoms with van der Waals surface area (Å²) < 4.78 is 0. The van der Waals surface area contributed by atoms with Crippen LogP contribution in [0.4, 0.5) is 10.5 Å². The van der Waals surface area contributed by atoms with Gasteiger partial charge in [-0.25, -0.2) is 9.59 Å². The van der Waals surface area contributed by atoms with Gasteiger partial charge in [-0.3, -0.25) is 9.88 Å². The number of piperazine rings is 1. The van der Waals surface area contributed by atoms with Gasteiger partial charge < -0.3 is 15.3 Å². The molecule has 0 aromatic carbocycles. The van der Waals surface area contributed by atoms with Crippen molar-refractivity contribution in [2.75, 3.05) is 25.5 Å². The van der Waals surface area contributed by atoms with Crippen molar-refractivity contribution in [1.29, 1.82) is 0 Å². The van der Waals surface area contributed by atoms with Crippen LogP contribution in [0.25, 0.3) is 0 Å². The number of carboxylic acid groups (broad SMARTS) is 1. The van der Waals surface area contributed by atoms with Crippen molar-refractivity contribution >= 4 is 17.7 Å². The van der Waals surface area contributed by atoms with Crippen molar-refractivity contribution < 1.29 is 14.7 Å². The van der Waals surface area contributed by atoms with Gasteiger partial charge in [0.15, 0.2) is 0 Å². The maximum Gasteiger partial charge on any atom is 0.337 e. The van der Waals surface area contributed by atoms with Crippen LogP contribution < -0.4 is 5.32 Å². The lowest BCUT2D eigenvalue weighted by Crippen LogP contribution is -2.57. The monoisotopic (exact) mass is 292 g/mol. The Labute approximate surface area is 123 Å². The fraction of sp³-hybridized carbons (Fsp3) is 0.500. The van der Waals surface area contributed by atoms with Gasteiger partial charge in [0.25, 0.3) is 0 Å². The van der Waals surface area contributed by atoms with Gasteiger partial charge in [0.2, 0.25) is 0 Å². The van der Waals surface area contributed by atoms with Crippen LogP contribution in [0.2, 0.25) is 0 Å². The predicted octanol–water partition coefficient (Wildman–Crippen LogP) is 1.34. The van der Waals surface area contributed by atoms with Crippen LogP contribution in [0.3, 0.4) is 0 Å². The van der Waals surface area contributed by atoms with E-state index in [0.717, 1.165) is 0 Å². The number of nitrogens with zero attached hydrogens (tertiary/aromatic N) is 3. The Morgan fingerprint density at radius 3 is 2.48 bits per heavy atom. The minimum Gasteiger partial charge on any atom is -0.478 e. The minimum atomic E-state index is -1.07. The van der Waals surface area contributed by atoms with Crippen molar-refractivity contribution in [2.24, 2.45) is 0 Å². The first-order chi connectivity index (χ1) is 9.88. The smallest absolute Gasteiger partial charge is 0.337 e. The molecule has 2 atom stereocenters. The van der Waals surface area contributed by atoms with Crippen molar-refractivity contribution in [3.63, 3.8) is 0 Å². The zero-order valence-corrected chi connectivity index (χ0v) is 12.4. The van der Waals surface area contributed by atoms with Crippen molar-refractivity contribution in [3.05, 3.63) is 24.0 Å². The summed E-state index contributed by atoms with van der Waals surface area (Å²) in [5.41, 5.74) is 0.437. The van der Waals surface area contributed by atoms with E-state index in [1.54, 1.807) is 4.90 Å². The number of urea groups is 1. The Balaban J connectivity index is 2.04. The number of rotatable bonds is 2. The topological polar surface area (TPSA) is 85.8 Å². The molecule has 0 radical (unpaired) electrons. The molecule has 1 aliphatic rings. The fourth-order valence-corrected chi connectivity index (χ4v) is 2.40. The van der Waals surface area contributed by atoms with E-state index < -0.39 is 5.97 Å². The molecule has 1 aromatic rings. The Kier molecular flexibility index (Phi) is 4.42. The first kappa shape index (κ1) is 15.2. The van der Waals surface area contributed by atoms with Gasteiger partial charge in [-0.1, -0.05) is 0 Å². The summed E-state index contributed by atoms with van der Waals surface area (Å²) in [6.45, 7) is 5.42. The molecule has 7 heteroatoms. The number of hydrogen-bond acceptors (Lipinski definition) is 4. The molecule has 0 spiro atoms. The standard InChI is InChI=1S/C14H20N4O3/c1-9-7-18(8-10(2)17(9)3)14(21)16-12-4-11(13(19)20)5-15-6-12/h4-6,9-10H,7-8H2,1-3H3,(H,16,21)(H,19,20). The highest BCUT2D eigenvalue weighted by Gasteiger charge is 2.29. The van der Waals surface area contributed by atoms with Gasteiger partial charge in [0.05, 0.1) is 17.4 Å². The van der Waals surface area contributed by atoms with E-state index in [-0.39, 0.29) is 23.7 Å². The Hall–Kier alpha value is -2.15. The van der Waals surface area contributed by atoms with E-state index in [1.165, 1.54) is 18.5 Å². The molecule has 2 heterocycles. The molecule has 2 N–H and O–H groups in total. The number of anilines is 1. The van der Waals surface area contributed by atoms with Crippen molar-refractivity contribution in [3.8, 4) is 0 Å². The number of carbonyl (C=O) groups is 2. The Morgan fingerprint density at radius 1 is 1.29 bits per heavy atom. The summed E-state index contributed by atoms with van der Waals surface area (Å²) in [6, 6.07) is 1.73. The van der Waals surface area contributed by atoms with Crippen LogP contribution in [0.15, 0.2) is 18.5 Å². The molecule has 1 aromatic heterocycles. The van der Waals surface area contributed by atoms with Crippen LogP contribution in [-0.4, -0.2) is 64.1 Å². The molecule has 2 unspecified atom stereocenters. The molecule has 2 amide bonds. The van der Waals surface area contributed by atoms with E-state index in [1.807, 2.05) is 7.05 Å². The fourth-order valence-electron chi connectivity index (χ4n) is 2.40. The summed E-state index contributed by atoms with van der Waals surface area (Å²) in [7, 11) is 2.05. The molecule has 21 heavy (non-hydrogen) atoms. The molecule has 0 bridgehead atoms. The van der Waals surface area contributed by atoms with Gasteiger partial charge in [-0.05, 0) is 27.0 Å². The number of carbonyl (C=O) groups excluding carboxylic acids is 1. The zero-order valence-electron chi connectivity index (χ0n) is 12.4. The average Bonchev–Trinajstić information content (AvgIpc) is 2.44. The number of pyridine rings is 1. The van der Waals surface area contributed by atoms with E-state index in [0.29, 0.717) is 18.8 Å². The van der Waals surface area contributed by atoms with E-state index in [2.05, 4.69) is 29.0 Å². The van der Waals surface area contributed by atoms with Crippen LogP contribution in [0, 0.1) is 0 Å². The second-order valence-electron chi connectivity index (χ2n) is 5.47. The summed E-state index contributed by atoms with van der Waals surface area (Å²) >= 11 is 0. The molecule has 114 valence electrons. The third-order valence-corrected chi connectivity index (χ3v) is 3.88. The third kappa shape index (κ3) is 3.49. The first-order valence-electron chi connectivity index (χ1n) is 6.84. The number of amides is 2. The number of hydrogen-bond donors (Lipinski definition) is 2. The van der Waals surface area contributed by atoms with Crippen LogP contribution in [0.5, 0.6) is 0 Å². The molecule has 0 aliphatic carbocycles. The summed E-state index contributed by atoms with van der Waals surface area (Å²) in [5, 5.41) is 11.6. The van der Waals surface area contributed by atoms with Crippen molar-refractivity contribution in [1.82, 2.24) is 14.8 Å². The summed E-state index contributed by atoms with van der Waals surface area (Å²) in [4.78, 5) is 31.0. The molecule has 1 saturated heterocycles. The minimum absolute atomic E-state index is 0.0490. The van der Waals surface area contributed by atoms with Gasteiger partial charge in [0, 0.05) is 31.4 Å². The van der Waals surface area contributed by atoms with E-state index in [9.17, 15) is 9.59 Å². The largest absolute Gasteiger partial charge is 0.478 e. The van der Waals surface area contributed by atoms with Crippen LogP contribution in [-0.2, 0) is 0 Å². The lowest BCUT2D eigenvalue weighted by atomic mass is 10.1. The molecule has 1 aliphatic heterocycles. The molecule has 7 nitrogen and oxygen atoms in total. The van der Waals surface area contributed by atoms with Crippen molar-refractivity contribution in [2.45, 2.75) is 25.9 Å². The highest BCUT2D eigenvalue weighted by atomic mass is 16.4. The lowest BCUT2D eigenvalue weighted by Gasteiger charge is -2.42. The number of aromatic carboxylic acids is 1. The van der Waals surface area contributed by atoms with Gasteiger partial charge in [-0.2, -0.15) is 0 Å². The highest BCUT2D eigenvalue weighted by molar-refractivity contribution is 5.92. The average molecular weight is 292 g/mol. The molecule has 0 saturated carbocycles. The third-order valence-electron chi connectivity index (χ3n) is 3.88. The maximum atomic E-state index is 12.3. The Morgan fingerprint density at radius 2 is 1.90 bits per heavy atom. The van der Waals surface area contributed by atoms with Gasteiger partial charge >= 0.3 is 12.0 Å². The molecule has 2 rings (SSSR count). The lowest BCUT2D eigenvalue weighted by molar-refractivity contribution is 0.0696. The van der Waals surface area contributed by atoms with E-state index in [4.69, 9.17) is 5.11 Å². The predicted molar refractivity (Wildman–Crippen MR) is 78.5 cm³/mol. The molecular formula is C14H20N4O3. The quantitative estimate of drug-likeness (QED) is 0.859. The van der Waals surface area contributed by atoms with Crippen LogP contribution in [0.1, 0.15) is 24.2 Å². The normalized spacial score (nSPS) is 22.9. The zero-order chi connectivity index (χ0) is 15.6. The Bertz CT molecular complexity index is 537. The summed E-state index contributed by atoms with van der Waals surface area (Å²) in [6.07, 6.45) is 2.69. The number of carboxylic acids is 1. The van der Waals surface area contributed by atoms with E-state index >= 15 is 0 Å². The SMILES string of the molecule is CC1CN(C(=O)Nc2cncc(C(=O)O)c2)CC(C)N1C. The maximum absolute atomic E-state index is 12.3. The van der Waals surface area contributed by atoms with Gasteiger partial charge in [0.1, 0.15) is 0 Å². The highest BCUT2D eigenvalue weighted by Crippen LogP contribution is 2.15. The van der Waals surface area contributed by atoms with Gasteiger partial charge in [-0.15, -0.1) is 0 Å². The first-order valence-corrected chi connectivity index (χ1v) is 6.84. The number of likely N-dealkylation sites (N-methyl/N-ethyl adjacent to an activating group) is 1. The number of aromatic nitrogens is 1. The number of nitrogens with one attached hydrogen (secondary N) is 1. The molecular weight excluding hydrogens is 272 g/mol. The summed E-state index contributed by atoms with van der Waals surface area (Å²) in [5.74, 6) is -1.07. The molecule has 1 fully saturated rings. The second-order valence-corrected chi connectivity index (χ2v) is 5.47.